The topological polar surface area (TPSA) is 85.2 Å². The molecule has 1 aliphatic heterocycles. The van der Waals surface area contributed by atoms with Gasteiger partial charge in [-0.3, -0.25) is 4.79 Å². The van der Waals surface area contributed by atoms with Crippen molar-refractivity contribution in [2.75, 3.05) is 13.2 Å². The van der Waals surface area contributed by atoms with Crippen LogP contribution in [0.15, 0.2) is 48.5 Å². The fourth-order valence-corrected chi connectivity index (χ4v) is 5.70. The zero-order valence-corrected chi connectivity index (χ0v) is 22.5. The maximum absolute atomic E-state index is 11.1. The van der Waals surface area contributed by atoms with Gasteiger partial charge < -0.3 is 24.4 Å². The minimum absolute atomic E-state index is 0.0516. The van der Waals surface area contributed by atoms with Crippen molar-refractivity contribution >= 4 is 5.97 Å². The molecule has 0 bridgehead atoms. The second kappa shape index (κ2) is 10.3. The van der Waals surface area contributed by atoms with Crippen molar-refractivity contribution in [3.63, 3.8) is 0 Å². The molecule has 6 nitrogen and oxygen atoms in total. The van der Waals surface area contributed by atoms with E-state index in [0.29, 0.717) is 19.6 Å². The van der Waals surface area contributed by atoms with Gasteiger partial charge in [0.15, 0.2) is 0 Å². The number of benzene rings is 3. The largest absolute Gasteiger partial charge is 0.493 e. The van der Waals surface area contributed by atoms with E-state index in [9.17, 15) is 9.90 Å². The Kier molecular flexibility index (Phi) is 7.10. The van der Waals surface area contributed by atoms with E-state index in [-0.39, 0.29) is 18.4 Å². The molecule has 200 valence electrons. The van der Waals surface area contributed by atoms with E-state index in [1.54, 1.807) is 13.8 Å². The summed E-state index contributed by atoms with van der Waals surface area (Å²) in [5.41, 5.74) is 7.50. The molecule has 0 spiro atoms. The number of ether oxygens (including phenoxy) is 3. The lowest BCUT2D eigenvalue weighted by Crippen LogP contribution is -2.21. The number of carboxylic acids is 1. The maximum atomic E-state index is 11.1. The fraction of sp³-hybridized carbons (Fsp3) is 0.406. The molecule has 2 N–H and O–H groups in total. The van der Waals surface area contributed by atoms with Crippen LogP contribution in [0, 0.1) is 13.8 Å². The van der Waals surface area contributed by atoms with Gasteiger partial charge in [-0.15, -0.1) is 0 Å². The molecular weight excluding hydrogens is 480 g/mol. The van der Waals surface area contributed by atoms with Crippen LogP contribution in [-0.2, 0) is 11.2 Å². The van der Waals surface area contributed by atoms with Gasteiger partial charge in [0.1, 0.15) is 23.4 Å². The third kappa shape index (κ3) is 5.51. The first-order valence-electron chi connectivity index (χ1n) is 13.3. The van der Waals surface area contributed by atoms with E-state index in [1.165, 1.54) is 22.3 Å². The summed E-state index contributed by atoms with van der Waals surface area (Å²) in [6, 6.07) is 16.4. The third-order valence-electron chi connectivity index (χ3n) is 7.54. The first-order valence-corrected chi connectivity index (χ1v) is 13.3. The van der Waals surface area contributed by atoms with Crippen LogP contribution in [0.2, 0.25) is 0 Å². The molecule has 5 rings (SSSR count). The number of fused-ring (bicyclic) bond motifs is 2. The van der Waals surface area contributed by atoms with Crippen LogP contribution in [0.5, 0.6) is 17.2 Å². The van der Waals surface area contributed by atoms with Crippen LogP contribution < -0.4 is 14.2 Å². The highest BCUT2D eigenvalue weighted by Gasteiger charge is 2.30. The number of carbonyl (C=O) groups is 1. The summed E-state index contributed by atoms with van der Waals surface area (Å²) >= 11 is 0. The van der Waals surface area contributed by atoms with Gasteiger partial charge in [0.2, 0.25) is 0 Å². The second-order valence-electron chi connectivity index (χ2n) is 11.2. The highest BCUT2D eigenvalue weighted by molar-refractivity contribution is 5.76. The Bertz CT molecular complexity index is 1330. The number of hydrogen-bond donors (Lipinski definition) is 2. The molecule has 0 radical (unpaired) electrons. The van der Waals surface area contributed by atoms with Crippen LogP contribution in [0.1, 0.15) is 72.9 Å². The van der Waals surface area contributed by atoms with Gasteiger partial charge in [0.05, 0.1) is 25.2 Å². The van der Waals surface area contributed by atoms with Crippen LogP contribution in [0.25, 0.3) is 11.1 Å². The Balaban J connectivity index is 1.35. The molecule has 0 saturated heterocycles. The molecule has 1 aliphatic carbocycles. The predicted molar refractivity (Wildman–Crippen MR) is 146 cm³/mol. The molecule has 0 fully saturated rings. The maximum Gasteiger partial charge on any atom is 0.304 e. The molecule has 2 aliphatic rings. The summed E-state index contributed by atoms with van der Waals surface area (Å²) in [5.74, 6) is 1.35. The Morgan fingerprint density at radius 2 is 1.82 bits per heavy atom. The normalized spacial score (nSPS) is 18.0. The SMILES string of the molecule is Cc1cc(OCCC(C)(C)O)cc(C)c1-c1cccc2c1CCC2Oc1ccc2c(c1)OC[C@H]2CC(=O)O. The summed E-state index contributed by atoms with van der Waals surface area (Å²) < 4.78 is 18.2. The number of aryl methyl sites for hydroxylation is 2. The van der Waals surface area contributed by atoms with Gasteiger partial charge in [-0.05, 0) is 92.1 Å². The van der Waals surface area contributed by atoms with Gasteiger partial charge in [-0.2, -0.15) is 0 Å². The van der Waals surface area contributed by atoms with Crippen LogP contribution in [-0.4, -0.2) is 35.0 Å². The standard InChI is InChI=1S/C32H36O6/c1-19-14-23(36-13-12-32(3,4)35)15-20(2)31(19)27-7-5-6-26-25(27)10-11-28(26)38-22-8-9-24-21(16-30(33)34)18-37-29(24)17-22/h5-9,14-15,17,21,28,35H,10-13,16,18H2,1-4H3,(H,33,34)/t21-,28?/m1/s1. The number of aliphatic carboxylic acids is 1. The van der Waals surface area contributed by atoms with E-state index in [0.717, 1.165) is 46.8 Å². The summed E-state index contributed by atoms with van der Waals surface area (Å²) in [5, 5.41) is 19.1. The molecule has 0 amide bonds. The van der Waals surface area contributed by atoms with Crippen molar-refractivity contribution in [3.05, 3.63) is 76.3 Å². The molecule has 1 heterocycles. The monoisotopic (exact) mass is 516 g/mol. The smallest absolute Gasteiger partial charge is 0.304 e. The summed E-state index contributed by atoms with van der Waals surface area (Å²) in [4.78, 5) is 11.1. The predicted octanol–water partition coefficient (Wildman–Crippen LogP) is 6.53. The lowest BCUT2D eigenvalue weighted by molar-refractivity contribution is -0.137. The molecule has 2 atom stereocenters. The molecule has 0 saturated carbocycles. The van der Waals surface area contributed by atoms with E-state index in [1.807, 2.05) is 18.2 Å². The van der Waals surface area contributed by atoms with Gasteiger partial charge in [0, 0.05) is 24.0 Å². The van der Waals surface area contributed by atoms with Gasteiger partial charge in [0.25, 0.3) is 0 Å². The average Bonchev–Trinajstić information content (AvgIpc) is 3.42. The van der Waals surface area contributed by atoms with E-state index in [4.69, 9.17) is 19.3 Å². The fourth-order valence-electron chi connectivity index (χ4n) is 5.70. The molecule has 3 aromatic carbocycles. The average molecular weight is 517 g/mol. The van der Waals surface area contributed by atoms with Crippen molar-refractivity contribution in [1.82, 2.24) is 0 Å². The number of hydrogen-bond acceptors (Lipinski definition) is 5. The van der Waals surface area contributed by atoms with Crippen LogP contribution in [0.3, 0.4) is 0 Å². The highest BCUT2D eigenvalue weighted by Crippen LogP contribution is 2.44. The van der Waals surface area contributed by atoms with Crippen molar-refractivity contribution in [2.24, 2.45) is 0 Å². The van der Waals surface area contributed by atoms with E-state index >= 15 is 0 Å². The van der Waals surface area contributed by atoms with Crippen molar-refractivity contribution in [3.8, 4) is 28.4 Å². The van der Waals surface area contributed by atoms with E-state index < -0.39 is 11.6 Å². The number of rotatable bonds is 9. The quantitative estimate of drug-likeness (QED) is 0.336. The summed E-state index contributed by atoms with van der Waals surface area (Å²) in [7, 11) is 0. The Morgan fingerprint density at radius 1 is 1.05 bits per heavy atom. The lowest BCUT2D eigenvalue weighted by Gasteiger charge is -2.20. The lowest BCUT2D eigenvalue weighted by atomic mass is 9.90. The second-order valence-corrected chi connectivity index (χ2v) is 11.2. The molecule has 6 heteroatoms. The first kappa shape index (κ1) is 26.1. The zero-order valence-electron chi connectivity index (χ0n) is 22.5. The van der Waals surface area contributed by atoms with Crippen molar-refractivity contribution in [1.29, 1.82) is 0 Å². The van der Waals surface area contributed by atoms with Gasteiger partial charge in [-0.1, -0.05) is 24.3 Å². The van der Waals surface area contributed by atoms with Crippen molar-refractivity contribution < 1.29 is 29.2 Å². The Morgan fingerprint density at radius 3 is 2.53 bits per heavy atom. The molecule has 0 aromatic heterocycles. The third-order valence-corrected chi connectivity index (χ3v) is 7.54. The number of carboxylic acid groups (broad SMARTS) is 1. The molecular formula is C32H36O6. The Labute approximate surface area is 224 Å². The summed E-state index contributed by atoms with van der Waals surface area (Å²) in [6.45, 7) is 8.68. The first-order chi connectivity index (χ1) is 18.1. The highest BCUT2D eigenvalue weighted by atomic mass is 16.5. The van der Waals surface area contributed by atoms with Gasteiger partial charge >= 0.3 is 5.97 Å². The van der Waals surface area contributed by atoms with E-state index in [2.05, 4.69) is 44.2 Å². The van der Waals surface area contributed by atoms with Gasteiger partial charge in [-0.25, -0.2) is 0 Å². The molecule has 1 unspecified atom stereocenters. The molecule has 38 heavy (non-hydrogen) atoms. The van der Waals surface area contributed by atoms with Crippen LogP contribution >= 0.6 is 0 Å². The zero-order chi connectivity index (χ0) is 27.0. The molecule has 3 aromatic rings. The minimum Gasteiger partial charge on any atom is -0.493 e. The summed E-state index contributed by atoms with van der Waals surface area (Å²) in [6.07, 6.45) is 2.41. The van der Waals surface area contributed by atoms with Crippen LogP contribution in [0.4, 0.5) is 0 Å². The Hall–Kier alpha value is -3.51. The number of aliphatic hydroxyl groups is 1. The minimum atomic E-state index is -0.816. The van der Waals surface area contributed by atoms with Crippen molar-refractivity contribution in [2.45, 2.75) is 71.0 Å².